The van der Waals surface area contributed by atoms with Crippen LogP contribution in [-0.2, 0) is 21.2 Å². The van der Waals surface area contributed by atoms with E-state index in [0.29, 0.717) is 23.0 Å². The summed E-state index contributed by atoms with van der Waals surface area (Å²) >= 11 is 14.3. The van der Waals surface area contributed by atoms with Gasteiger partial charge in [0, 0.05) is 33.4 Å². The Kier molecular flexibility index (Phi) is 8.14. The van der Waals surface area contributed by atoms with Crippen LogP contribution in [0.2, 0.25) is 10.0 Å². The minimum Gasteiger partial charge on any atom is -0.330 e. The Labute approximate surface area is 219 Å². The van der Waals surface area contributed by atoms with Crippen LogP contribution in [0.4, 0.5) is 0 Å². The van der Waals surface area contributed by atoms with E-state index in [-0.39, 0.29) is 19.0 Å². The fourth-order valence-electron chi connectivity index (χ4n) is 4.10. The predicted octanol–water partition coefficient (Wildman–Crippen LogP) is 6.02. The van der Waals surface area contributed by atoms with Crippen molar-refractivity contribution in [2.24, 2.45) is 0 Å². The van der Waals surface area contributed by atoms with Crippen molar-refractivity contribution < 1.29 is 13.2 Å². The van der Waals surface area contributed by atoms with E-state index in [1.807, 2.05) is 47.8 Å². The molecule has 182 valence electrons. The Balaban J connectivity index is 1.63. The lowest BCUT2D eigenvalue weighted by atomic mass is 9.93. The molecule has 35 heavy (non-hydrogen) atoms. The third-order valence-electron chi connectivity index (χ3n) is 5.78. The second-order valence-electron chi connectivity index (χ2n) is 8.04. The highest BCUT2D eigenvalue weighted by Crippen LogP contribution is 2.41. The summed E-state index contributed by atoms with van der Waals surface area (Å²) < 4.78 is 27.3. The molecule has 5 nitrogen and oxygen atoms in total. The molecule has 3 aromatic rings. The molecule has 9 heteroatoms. The van der Waals surface area contributed by atoms with E-state index < -0.39 is 16.1 Å². The lowest BCUT2D eigenvalue weighted by Crippen LogP contribution is -2.46. The maximum absolute atomic E-state index is 13.6. The van der Waals surface area contributed by atoms with Crippen LogP contribution in [0.1, 0.15) is 27.6 Å². The van der Waals surface area contributed by atoms with Gasteiger partial charge in [-0.1, -0.05) is 65.7 Å². The van der Waals surface area contributed by atoms with E-state index in [4.69, 9.17) is 23.2 Å². The van der Waals surface area contributed by atoms with Crippen LogP contribution in [0.15, 0.2) is 78.0 Å². The molecule has 0 radical (unpaired) electrons. The monoisotopic (exact) mass is 546 g/mol. The van der Waals surface area contributed by atoms with Crippen LogP contribution in [-0.4, -0.2) is 43.2 Å². The van der Waals surface area contributed by atoms with Crippen molar-refractivity contribution in [3.8, 4) is 0 Å². The van der Waals surface area contributed by atoms with Gasteiger partial charge in [0.15, 0.2) is 0 Å². The minimum atomic E-state index is -3.87. The molecule has 0 saturated heterocycles. The highest BCUT2D eigenvalue weighted by atomic mass is 35.5. The zero-order valence-corrected chi connectivity index (χ0v) is 22.0. The molecule has 1 aliphatic rings. The zero-order chi connectivity index (χ0) is 25.0. The zero-order valence-electron chi connectivity index (χ0n) is 18.8. The number of hydrogen-bond donors (Lipinski definition) is 0. The molecular formula is C26H24Cl2N2O3S2. The lowest BCUT2D eigenvalue weighted by molar-refractivity contribution is -0.133. The number of halogens is 2. The highest BCUT2D eigenvalue weighted by Gasteiger charge is 2.35. The molecular weight excluding hydrogens is 523 g/mol. The van der Waals surface area contributed by atoms with Crippen LogP contribution in [0.3, 0.4) is 0 Å². The number of fused-ring (bicyclic) bond motifs is 1. The van der Waals surface area contributed by atoms with Gasteiger partial charge in [-0.3, -0.25) is 4.79 Å². The van der Waals surface area contributed by atoms with Gasteiger partial charge in [0.25, 0.3) is 0 Å². The first-order valence-corrected chi connectivity index (χ1v) is 14.1. The van der Waals surface area contributed by atoms with Gasteiger partial charge in [0.1, 0.15) is 0 Å². The second-order valence-corrected chi connectivity index (χ2v) is 11.7. The largest absolute Gasteiger partial charge is 0.330 e. The van der Waals surface area contributed by atoms with Crippen LogP contribution in [0, 0.1) is 0 Å². The number of rotatable bonds is 8. The number of carbonyl (C=O) groups is 1. The summed E-state index contributed by atoms with van der Waals surface area (Å²) in [4.78, 5) is 16.5. The van der Waals surface area contributed by atoms with Crippen molar-refractivity contribution in [1.29, 1.82) is 0 Å². The topological polar surface area (TPSA) is 57.7 Å². The third-order valence-corrected chi connectivity index (χ3v) is 8.82. The van der Waals surface area contributed by atoms with Crippen molar-refractivity contribution in [3.05, 3.63) is 110 Å². The third kappa shape index (κ3) is 5.88. The maximum atomic E-state index is 13.6. The number of carbonyl (C=O) groups excluding carboxylic acids is 1. The molecule has 1 atom stereocenters. The number of thiophene rings is 1. The summed E-state index contributed by atoms with van der Waals surface area (Å²) in [6.45, 7) is 3.83. The van der Waals surface area contributed by atoms with Crippen molar-refractivity contribution in [2.45, 2.75) is 12.5 Å². The van der Waals surface area contributed by atoms with Crippen molar-refractivity contribution in [2.75, 3.05) is 19.6 Å². The summed E-state index contributed by atoms with van der Waals surface area (Å²) in [5.74, 6) is -0.309. The molecule has 1 aliphatic heterocycles. The van der Waals surface area contributed by atoms with Gasteiger partial charge in [-0.05, 0) is 52.8 Å². The molecule has 0 saturated carbocycles. The average Bonchev–Trinajstić information content (AvgIpc) is 3.32. The number of benzene rings is 2. The molecule has 4 rings (SSSR count). The second kappa shape index (κ2) is 11.1. The molecule has 1 unspecified atom stereocenters. The smallest absolute Gasteiger partial charge is 0.238 e. The van der Waals surface area contributed by atoms with Gasteiger partial charge in [0.2, 0.25) is 15.9 Å². The Hall–Kier alpha value is -2.42. The first-order chi connectivity index (χ1) is 16.8. The van der Waals surface area contributed by atoms with E-state index in [9.17, 15) is 13.2 Å². The lowest BCUT2D eigenvalue weighted by Gasteiger charge is -2.37. The SMILES string of the molecule is C=CCN(CC(=O)N1CCc2sccc2C1c1ccc(Cl)cc1Cl)S(=O)(=O)/C=C/c1ccccc1. The molecule has 0 aliphatic carbocycles. The Bertz CT molecular complexity index is 1350. The Morgan fingerprint density at radius 3 is 2.63 bits per heavy atom. The van der Waals surface area contributed by atoms with Crippen molar-refractivity contribution in [3.63, 3.8) is 0 Å². The summed E-state index contributed by atoms with van der Waals surface area (Å²) in [7, 11) is -3.87. The van der Waals surface area contributed by atoms with E-state index in [1.54, 1.807) is 28.4 Å². The Morgan fingerprint density at radius 1 is 1.14 bits per heavy atom. The molecule has 1 amide bonds. The fourth-order valence-corrected chi connectivity index (χ4v) is 6.62. The average molecular weight is 548 g/mol. The molecule has 1 aromatic heterocycles. The summed E-state index contributed by atoms with van der Waals surface area (Å²) in [6, 6.07) is 15.9. The summed E-state index contributed by atoms with van der Waals surface area (Å²) in [5, 5.41) is 4.09. The molecule has 2 aromatic carbocycles. The van der Waals surface area contributed by atoms with Crippen LogP contribution < -0.4 is 0 Å². The maximum Gasteiger partial charge on any atom is 0.238 e. The van der Waals surface area contributed by atoms with Crippen molar-refractivity contribution in [1.82, 2.24) is 9.21 Å². The van der Waals surface area contributed by atoms with E-state index >= 15 is 0 Å². The van der Waals surface area contributed by atoms with Gasteiger partial charge < -0.3 is 4.90 Å². The summed E-state index contributed by atoms with van der Waals surface area (Å²) in [5.41, 5.74) is 2.51. The quantitative estimate of drug-likeness (QED) is 0.324. The van der Waals surface area contributed by atoms with E-state index in [2.05, 4.69) is 6.58 Å². The Morgan fingerprint density at radius 2 is 1.91 bits per heavy atom. The predicted molar refractivity (Wildman–Crippen MR) is 144 cm³/mol. The molecule has 0 fully saturated rings. The van der Waals surface area contributed by atoms with Gasteiger partial charge in [0.05, 0.1) is 12.6 Å². The molecule has 0 spiro atoms. The first-order valence-electron chi connectivity index (χ1n) is 10.9. The first kappa shape index (κ1) is 25.7. The number of sulfonamides is 1. The van der Waals surface area contributed by atoms with Crippen LogP contribution in [0.25, 0.3) is 6.08 Å². The van der Waals surface area contributed by atoms with Gasteiger partial charge in [-0.2, -0.15) is 4.31 Å². The fraction of sp³-hybridized carbons (Fsp3) is 0.192. The van der Waals surface area contributed by atoms with Gasteiger partial charge >= 0.3 is 0 Å². The molecule has 0 N–H and O–H groups in total. The normalized spacial score (nSPS) is 16.0. The number of amides is 1. The highest BCUT2D eigenvalue weighted by molar-refractivity contribution is 7.92. The van der Waals surface area contributed by atoms with Crippen LogP contribution in [0.5, 0.6) is 0 Å². The van der Waals surface area contributed by atoms with E-state index in [0.717, 1.165) is 26.4 Å². The molecule has 2 heterocycles. The van der Waals surface area contributed by atoms with Crippen LogP contribution >= 0.6 is 34.5 Å². The van der Waals surface area contributed by atoms with E-state index in [1.165, 1.54) is 17.0 Å². The summed E-state index contributed by atoms with van der Waals surface area (Å²) in [6.07, 6.45) is 3.69. The standard InChI is InChI=1S/C26H24Cl2N2O3S2/c1-2-13-29(35(32,33)16-12-19-6-4-3-5-7-19)18-25(31)30-14-10-24-22(11-15-34-24)26(30)21-9-8-20(27)17-23(21)28/h2-9,11-12,15-17,26H,1,10,13-14,18H2/b16-12+. The van der Waals surface area contributed by atoms with Gasteiger partial charge in [-0.15, -0.1) is 17.9 Å². The number of hydrogen-bond acceptors (Lipinski definition) is 4. The molecule has 0 bridgehead atoms. The minimum absolute atomic E-state index is 0.0110. The van der Waals surface area contributed by atoms with Gasteiger partial charge in [-0.25, -0.2) is 8.42 Å². The number of nitrogens with zero attached hydrogens (tertiary/aromatic N) is 2. The van der Waals surface area contributed by atoms with Crippen molar-refractivity contribution >= 4 is 56.5 Å².